The molecule has 1 aliphatic heterocycles. The molecule has 1 N–H and O–H groups in total. The molecule has 4 nitrogen and oxygen atoms in total. The van der Waals surface area contributed by atoms with Gasteiger partial charge >= 0.3 is 6.18 Å². The number of alkyl halides is 3. The number of rotatable bonds is 3. The molecule has 0 saturated heterocycles. The number of aliphatic hydroxyl groups is 1. The molecule has 1 fully saturated rings. The third-order valence-corrected chi connectivity index (χ3v) is 4.84. The molecule has 1 unspecified atom stereocenters. The standard InChI is InChI=1S/C15H13Cl2F3N2O2/c16-10-2-1-3-11(17)9(10)6-13(23)22-14(24,15(18,19)20)7-12(21-22)8-4-5-8/h1-3,8,24H,4-7H2. The quantitative estimate of drug-likeness (QED) is 0.867. The predicted octanol–water partition coefficient (Wildman–Crippen LogP) is 3.79. The van der Waals surface area contributed by atoms with Gasteiger partial charge in [-0.05, 0) is 36.5 Å². The topological polar surface area (TPSA) is 52.9 Å². The Balaban J connectivity index is 1.91. The second-order valence-corrected chi connectivity index (χ2v) is 6.75. The van der Waals surface area contributed by atoms with Gasteiger partial charge < -0.3 is 5.11 Å². The average molecular weight is 381 g/mol. The minimum atomic E-state index is -5.02. The predicted molar refractivity (Wildman–Crippen MR) is 82.8 cm³/mol. The van der Waals surface area contributed by atoms with E-state index in [0.717, 1.165) is 0 Å². The van der Waals surface area contributed by atoms with Crippen molar-refractivity contribution < 1.29 is 23.1 Å². The Hall–Kier alpha value is -1.31. The minimum absolute atomic E-state index is 0.0967. The van der Waals surface area contributed by atoms with Gasteiger partial charge in [-0.3, -0.25) is 4.79 Å². The van der Waals surface area contributed by atoms with E-state index in [1.165, 1.54) is 12.1 Å². The first kappa shape index (κ1) is 17.5. The van der Waals surface area contributed by atoms with Crippen LogP contribution in [-0.4, -0.2) is 33.6 Å². The van der Waals surface area contributed by atoms with Crippen LogP contribution in [-0.2, 0) is 11.2 Å². The third-order valence-electron chi connectivity index (χ3n) is 4.13. The molecule has 1 atom stereocenters. The van der Waals surface area contributed by atoms with Crippen LogP contribution in [0.5, 0.6) is 0 Å². The number of amides is 1. The summed E-state index contributed by atoms with van der Waals surface area (Å²) >= 11 is 11.9. The van der Waals surface area contributed by atoms with Gasteiger partial charge in [0, 0.05) is 22.2 Å². The lowest BCUT2D eigenvalue weighted by atomic mass is 10.0. The lowest BCUT2D eigenvalue weighted by molar-refractivity contribution is -0.302. The summed E-state index contributed by atoms with van der Waals surface area (Å²) in [7, 11) is 0. The van der Waals surface area contributed by atoms with E-state index in [4.69, 9.17) is 23.2 Å². The molecule has 1 saturated carbocycles. The highest BCUT2D eigenvalue weighted by Crippen LogP contribution is 2.45. The SMILES string of the molecule is O=C(Cc1c(Cl)cccc1Cl)N1N=C(C2CC2)CC1(O)C(F)(F)F. The maximum Gasteiger partial charge on any atom is 0.438 e. The maximum atomic E-state index is 13.3. The van der Waals surface area contributed by atoms with Crippen molar-refractivity contribution in [2.75, 3.05) is 0 Å². The Morgan fingerprint density at radius 2 is 1.92 bits per heavy atom. The van der Waals surface area contributed by atoms with E-state index in [0.29, 0.717) is 12.8 Å². The second-order valence-electron chi connectivity index (χ2n) is 5.94. The Bertz CT molecular complexity index is 699. The van der Waals surface area contributed by atoms with Gasteiger partial charge in [0.2, 0.25) is 5.91 Å². The molecule has 1 amide bonds. The molecule has 130 valence electrons. The molecule has 1 heterocycles. The van der Waals surface area contributed by atoms with Gasteiger partial charge in [0.25, 0.3) is 5.72 Å². The monoisotopic (exact) mass is 380 g/mol. The summed E-state index contributed by atoms with van der Waals surface area (Å²) in [4.78, 5) is 12.4. The van der Waals surface area contributed by atoms with E-state index in [1.807, 2.05) is 0 Å². The highest BCUT2D eigenvalue weighted by molar-refractivity contribution is 6.36. The molecular weight excluding hydrogens is 368 g/mol. The van der Waals surface area contributed by atoms with E-state index >= 15 is 0 Å². The van der Waals surface area contributed by atoms with Crippen molar-refractivity contribution in [1.82, 2.24) is 5.01 Å². The summed E-state index contributed by atoms with van der Waals surface area (Å²) in [5.41, 5.74) is -2.92. The fraction of sp³-hybridized carbons (Fsp3) is 0.467. The fourth-order valence-electron chi connectivity index (χ4n) is 2.63. The van der Waals surface area contributed by atoms with Crippen LogP contribution in [0.25, 0.3) is 0 Å². The van der Waals surface area contributed by atoms with E-state index in [1.54, 1.807) is 6.07 Å². The Kier molecular flexibility index (Phi) is 4.30. The smallest absolute Gasteiger partial charge is 0.362 e. The van der Waals surface area contributed by atoms with Crippen LogP contribution < -0.4 is 0 Å². The molecule has 0 bridgehead atoms. The van der Waals surface area contributed by atoms with Crippen LogP contribution in [0, 0.1) is 5.92 Å². The molecule has 0 radical (unpaired) electrons. The van der Waals surface area contributed by atoms with E-state index < -0.39 is 30.7 Å². The van der Waals surface area contributed by atoms with Crippen molar-refractivity contribution in [3.8, 4) is 0 Å². The first-order chi connectivity index (χ1) is 11.1. The minimum Gasteiger partial charge on any atom is -0.362 e. The molecule has 0 spiro atoms. The number of hydrogen-bond donors (Lipinski definition) is 1. The number of hydrogen-bond acceptors (Lipinski definition) is 3. The lowest BCUT2D eigenvalue weighted by Crippen LogP contribution is -2.57. The zero-order valence-electron chi connectivity index (χ0n) is 12.3. The third kappa shape index (κ3) is 3.00. The molecule has 1 aromatic rings. The molecule has 2 aliphatic rings. The van der Waals surface area contributed by atoms with E-state index in [9.17, 15) is 23.1 Å². The maximum absolute atomic E-state index is 13.3. The number of carbonyl (C=O) groups is 1. The van der Waals surface area contributed by atoms with Crippen molar-refractivity contribution in [3.63, 3.8) is 0 Å². The molecule has 0 aromatic heterocycles. The summed E-state index contributed by atoms with van der Waals surface area (Å²) in [5, 5.41) is 14.4. The normalized spacial score (nSPS) is 24.2. The van der Waals surface area contributed by atoms with Gasteiger partial charge in [0.15, 0.2) is 0 Å². The van der Waals surface area contributed by atoms with Crippen LogP contribution in [0.1, 0.15) is 24.8 Å². The summed E-state index contributed by atoms with van der Waals surface area (Å²) in [6.45, 7) is 0. The van der Waals surface area contributed by atoms with Crippen molar-refractivity contribution >= 4 is 34.8 Å². The molecule has 1 aliphatic carbocycles. The van der Waals surface area contributed by atoms with Gasteiger partial charge in [0.1, 0.15) is 0 Å². The van der Waals surface area contributed by atoms with E-state index in [2.05, 4.69) is 5.10 Å². The number of carbonyl (C=O) groups excluding carboxylic acids is 1. The molecule has 3 rings (SSSR count). The lowest BCUT2D eigenvalue weighted by Gasteiger charge is -2.32. The van der Waals surface area contributed by atoms with Gasteiger partial charge in [-0.1, -0.05) is 29.3 Å². The number of nitrogens with zero attached hydrogens (tertiary/aromatic N) is 2. The first-order valence-electron chi connectivity index (χ1n) is 7.26. The Morgan fingerprint density at radius 3 is 2.42 bits per heavy atom. The highest BCUT2D eigenvalue weighted by atomic mass is 35.5. The second kappa shape index (κ2) is 5.89. The Labute approximate surface area is 145 Å². The van der Waals surface area contributed by atoms with Gasteiger partial charge in [-0.2, -0.15) is 23.3 Å². The summed E-state index contributed by atoms with van der Waals surface area (Å²) in [6, 6.07) is 4.52. The largest absolute Gasteiger partial charge is 0.438 e. The van der Waals surface area contributed by atoms with Crippen molar-refractivity contribution in [2.24, 2.45) is 11.0 Å². The van der Waals surface area contributed by atoms with Crippen LogP contribution >= 0.6 is 23.2 Å². The summed E-state index contributed by atoms with van der Waals surface area (Å²) in [6.07, 6.45) is -4.80. The zero-order chi connectivity index (χ0) is 17.7. The summed E-state index contributed by atoms with van der Waals surface area (Å²) in [5.74, 6) is -1.11. The zero-order valence-corrected chi connectivity index (χ0v) is 13.8. The number of hydrazone groups is 1. The number of halogens is 5. The van der Waals surface area contributed by atoms with Crippen LogP contribution in [0.2, 0.25) is 10.0 Å². The molecule has 1 aromatic carbocycles. The Morgan fingerprint density at radius 1 is 1.33 bits per heavy atom. The summed E-state index contributed by atoms with van der Waals surface area (Å²) < 4.78 is 40.0. The van der Waals surface area contributed by atoms with Crippen LogP contribution in [0.4, 0.5) is 13.2 Å². The van der Waals surface area contributed by atoms with E-state index in [-0.39, 0.29) is 32.2 Å². The van der Waals surface area contributed by atoms with Gasteiger partial charge in [-0.15, -0.1) is 0 Å². The molecule has 24 heavy (non-hydrogen) atoms. The highest BCUT2D eigenvalue weighted by Gasteiger charge is 2.64. The van der Waals surface area contributed by atoms with Crippen molar-refractivity contribution in [3.05, 3.63) is 33.8 Å². The first-order valence-corrected chi connectivity index (χ1v) is 8.01. The van der Waals surface area contributed by atoms with Gasteiger partial charge in [-0.25, -0.2) is 0 Å². The molecule has 9 heteroatoms. The van der Waals surface area contributed by atoms with Crippen molar-refractivity contribution in [1.29, 1.82) is 0 Å². The molecular formula is C15H13Cl2F3N2O2. The average Bonchev–Trinajstić information content (AvgIpc) is 3.25. The van der Waals surface area contributed by atoms with Crippen LogP contribution in [0.15, 0.2) is 23.3 Å². The van der Waals surface area contributed by atoms with Crippen molar-refractivity contribution in [2.45, 2.75) is 37.6 Å². The fourth-order valence-corrected chi connectivity index (χ4v) is 3.16. The van der Waals surface area contributed by atoms with Crippen LogP contribution in [0.3, 0.4) is 0 Å². The number of benzene rings is 1. The van der Waals surface area contributed by atoms with Gasteiger partial charge in [0.05, 0.1) is 6.42 Å².